The van der Waals surface area contributed by atoms with Crippen LogP contribution in [0.4, 0.5) is 4.79 Å². The molecule has 13 nitrogen and oxygen atoms in total. The number of hydrogen-bond acceptors (Lipinski definition) is 9. The van der Waals surface area contributed by atoms with Crippen LogP contribution in [0.3, 0.4) is 0 Å². The van der Waals surface area contributed by atoms with E-state index in [9.17, 15) is 14.4 Å². The molecule has 300 valence electrons. The maximum Gasteiger partial charge on any atom is 0.410 e. The fraction of sp³-hybridized carbons (Fsp3) is 0.405. The zero-order valence-electron chi connectivity index (χ0n) is 32.7. The van der Waals surface area contributed by atoms with Crippen molar-refractivity contribution >= 4 is 40.7 Å². The van der Waals surface area contributed by atoms with Gasteiger partial charge in [-0.1, -0.05) is 59.6 Å². The largest absolute Gasteiger partial charge is 0.481 e. The molecule has 7 rings (SSSR count). The Morgan fingerprint density at radius 2 is 1.75 bits per heavy atom. The Labute approximate surface area is 341 Å². The highest BCUT2D eigenvalue weighted by atomic mass is 35.5. The van der Waals surface area contributed by atoms with Crippen LogP contribution in [-0.2, 0) is 34.4 Å². The van der Waals surface area contributed by atoms with Crippen molar-refractivity contribution in [3.05, 3.63) is 92.6 Å². The Morgan fingerprint density at radius 3 is 2.42 bits per heavy atom. The molecule has 2 aliphatic heterocycles. The number of rotatable bonds is 12. The molecule has 5 heterocycles. The number of nitrogens with zero attached hydrogens (tertiary/aromatic N) is 5. The van der Waals surface area contributed by atoms with Gasteiger partial charge in [0.15, 0.2) is 0 Å². The topological polar surface area (TPSA) is 141 Å². The van der Waals surface area contributed by atoms with Gasteiger partial charge in [-0.2, -0.15) is 5.10 Å². The number of pyridine rings is 1. The fourth-order valence-electron chi connectivity index (χ4n) is 7.26. The highest BCUT2D eigenvalue weighted by Gasteiger charge is 2.29. The van der Waals surface area contributed by atoms with E-state index in [1.807, 2.05) is 75.5 Å². The summed E-state index contributed by atoms with van der Waals surface area (Å²) in [5, 5.41) is 12.0. The first kappa shape index (κ1) is 40.3. The molecule has 0 aliphatic carbocycles. The Kier molecular flexibility index (Phi) is 11.9. The van der Waals surface area contributed by atoms with Crippen LogP contribution in [0.15, 0.2) is 65.6 Å². The zero-order valence-corrected chi connectivity index (χ0v) is 34.2. The van der Waals surface area contributed by atoms with Crippen molar-refractivity contribution in [2.75, 3.05) is 26.8 Å². The summed E-state index contributed by atoms with van der Waals surface area (Å²) in [6.07, 6.45) is 4.63. The average molecular weight is 817 g/mol. The molecule has 15 heteroatoms. The van der Waals surface area contributed by atoms with Gasteiger partial charge in [0, 0.05) is 78.8 Å². The number of benzene rings is 2. The van der Waals surface area contributed by atoms with Crippen LogP contribution < -0.4 is 20.9 Å². The molecular formula is C42H47Cl2N7O6. The highest BCUT2D eigenvalue weighted by Crippen LogP contribution is 2.42. The molecule has 2 aliphatic rings. The summed E-state index contributed by atoms with van der Waals surface area (Å²) < 4.78 is 20.3. The lowest BCUT2D eigenvalue weighted by molar-refractivity contribution is -0.119. The number of amides is 2. The predicted molar refractivity (Wildman–Crippen MR) is 220 cm³/mol. The van der Waals surface area contributed by atoms with Gasteiger partial charge in [-0.25, -0.2) is 14.3 Å². The van der Waals surface area contributed by atoms with E-state index in [0.717, 1.165) is 30.6 Å². The van der Waals surface area contributed by atoms with Gasteiger partial charge in [0.05, 0.1) is 42.0 Å². The Bertz CT molecular complexity index is 2370. The second-order valence-electron chi connectivity index (χ2n) is 15.5. The van der Waals surface area contributed by atoms with E-state index in [1.165, 1.54) is 7.11 Å². The van der Waals surface area contributed by atoms with E-state index in [0.29, 0.717) is 81.1 Å². The second kappa shape index (κ2) is 16.9. The average Bonchev–Trinajstić information content (AvgIpc) is 3.95. The van der Waals surface area contributed by atoms with Gasteiger partial charge >= 0.3 is 6.09 Å². The normalized spacial score (nSPS) is 16.9. The SMILES string of the molecule is COc1nc(-c2cccc(-c3cccc(-c4cc5c(=O)n(C)c(CNC[C@@H]6CCCO6)nn5c4)c3Cl)c2Cl)ccc1CN(C[C@@H]1CCC(=O)N1)C(=O)OC(C)(C)C. The van der Waals surface area contributed by atoms with Crippen LogP contribution in [0.2, 0.25) is 10.0 Å². The van der Waals surface area contributed by atoms with E-state index >= 15 is 0 Å². The van der Waals surface area contributed by atoms with Gasteiger partial charge < -0.3 is 29.7 Å². The summed E-state index contributed by atoms with van der Waals surface area (Å²) in [5.41, 5.74) is 4.28. The molecule has 2 amide bonds. The van der Waals surface area contributed by atoms with Gasteiger partial charge in [-0.05, 0) is 58.2 Å². The summed E-state index contributed by atoms with van der Waals surface area (Å²) >= 11 is 14.3. The number of fused-ring (bicyclic) bond motifs is 1. The first-order valence-electron chi connectivity index (χ1n) is 19.1. The third-order valence-electron chi connectivity index (χ3n) is 10.2. The highest BCUT2D eigenvalue weighted by molar-refractivity contribution is 6.39. The van der Waals surface area contributed by atoms with Crippen molar-refractivity contribution in [1.82, 2.24) is 34.7 Å². The molecule has 0 radical (unpaired) electrons. The predicted octanol–water partition coefficient (Wildman–Crippen LogP) is 7.03. The van der Waals surface area contributed by atoms with Crippen molar-refractivity contribution in [1.29, 1.82) is 0 Å². The third kappa shape index (κ3) is 8.96. The number of aromatic nitrogens is 4. The summed E-state index contributed by atoms with van der Waals surface area (Å²) in [5.74, 6) is 0.889. The molecular weight excluding hydrogens is 769 g/mol. The Hall–Kier alpha value is -4.95. The zero-order chi connectivity index (χ0) is 40.4. The smallest absolute Gasteiger partial charge is 0.410 e. The molecule has 2 aromatic carbocycles. The lowest BCUT2D eigenvalue weighted by Gasteiger charge is -2.29. The van der Waals surface area contributed by atoms with Crippen LogP contribution in [0.5, 0.6) is 5.88 Å². The molecule has 0 saturated carbocycles. The number of ether oxygens (including phenoxy) is 3. The maximum absolute atomic E-state index is 13.4. The molecule has 2 fully saturated rings. The minimum atomic E-state index is -0.705. The van der Waals surface area contributed by atoms with Crippen molar-refractivity contribution in [3.8, 4) is 39.4 Å². The standard InChI is InChI=1S/C42H47Cl2N7O6/c1-42(2,3)57-41(54)50(24-27-15-17-36(52)46-27)22-25-14-16-33(47-39(25)55-5)32-13-7-12-31(38(32)44)30-11-6-10-29(37(30)43)26-19-34-40(53)49(4)35(48-51(34)23-26)21-45-20-28-9-8-18-56-28/h6-7,10-14,16,19,23,27-28,45H,8-9,15,17-18,20-22,24H2,1-5H3,(H,46,52)/t27-,28-/m0/s1. The van der Waals surface area contributed by atoms with Gasteiger partial charge in [-0.3, -0.25) is 14.2 Å². The Morgan fingerprint density at radius 1 is 1.04 bits per heavy atom. The van der Waals surface area contributed by atoms with E-state index < -0.39 is 11.7 Å². The van der Waals surface area contributed by atoms with Crippen molar-refractivity contribution in [3.63, 3.8) is 0 Å². The number of methoxy groups -OCH3 is 1. The molecule has 0 bridgehead atoms. The number of carbonyl (C=O) groups is 2. The summed E-state index contributed by atoms with van der Waals surface area (Å²) in [4.78, 5) is 45.0. The van der Waals surface area contributed by atoms with Crippen LogP contribution in [-0.4, -0.2) is 80.6 Å². The van der Waals surface area contributed by atoms with Gasteiger partial charge in [0.1, 0.15) is 16.9 Å². The minimum Gasteiger partial charge on any atom is -0.481 e. The maximum atomic E-state index is 13.4. The quantitative estimate of drug-likeness (QED) is 0.136. The van der Waals surface area contributed by atoms with Gasteiger partial charge in [0.2, 0.25) is 11.8 Å². The van der Waals surface area contributed by atoms with E-state index in [2.05, 4.69) is 10.6 Å². The van der Waals surface area contributed by atoms with Crippen molar-refractivity contribution in [2.45, 2.75) is 77.3 Å². The first-order chi connectivity index (χ1) is 27.3. The lowest BCUT2D eigenvalue weighted by atomic mass is 9.97. The van der Waals surface area contributed by atoms with E-state index in [4.69, 9.17) is 47.5 Å². The first-order valence-corrected chi connectivity index (χ1v) is 19.8. The molecule has 0 unspecified atom stereocenters. The van der Waals surface area contributed by atoms with Crippen LogP contribution in [0.25, 0.3) is 39.0 Å². The molecule has 5 aromatic rings. The molecule has 3 aromatic heterocycles. The van der Waals surface area contributed by atoms with Gasteiger partial charge in [0.25, 0.3) is 5.56 Å². The molecule has 2 N–H and O–H groups in total. The van der Waals surface area contributed by atoms with Crippen LogP contribution >= 0.6 is 23.2 Å². The molecule has 2 saturated heterocycles. The third-order valence-corrected chi connectivity index (χ3v) is 11.0. The molecule has 0 spiro atoms. The summed E-state index contributed by atoms with van der Waals surface area (Å²) in [7, 11) is 3.25. The monoisotopic (exact) mass is 815 g/mol. The summed E-state index contributed by atoms with van der Waals surface area (Å²) in [6.45, 7) is 7.77. The fourth-order valence-corrected chi connectivity index (χ4v) is 7.92. The van der Waals surface area contributed by atoms with Gasteiger partial charge in [-0.15, -0.1) is 0 Å². The minimum absolute atomic E-state index is 0.0361. The number of halogens is 2. The van der Waals surface area contributed by atoms with Crippen molar-refractivity contribution < 1.29 is 23.8 Å². The number of nitrogens with one attached hydrogen (secondary N) is 2. The second-order valence-corrected chi connectivity index (χ2v) is 16.2. The van der Waals surface area contributed by atoms with E-state index in [-0.39, 0.29) is 36.7 Å². The summed E-state index contributed by atoms with van der Waals surface area (Å²) in [6, 6.07) is 16.7. The van der Waals surface area contributed by atoms with Crippen LogP contribution in [0, 0.1) is 0 Å². The molecule has 2 atom stereocenters. The van der Waals surface area contributed by atoms with E-state index in [1.54, 1.807) is 27.1 Å². The number of carbonyl (C=O) groups excluding carboxylic acids is 2. The molecule has 57 heavy (non-hydrogen) atoms. The van der Waals surface area contributed by atoms with Crippen LogP contribution in [0.1, 0.15) is 57.8 Å². The Balaban J connectivity index is 1.15. The number of hydrogen-bond donors (Lipinski definition) is 2. The van der Waals surface area contributed by atoms with Crippen molar-refractivity contribution in [2.24, 2.45) is 7.05 Å². The lowest BCUT2D eigenvalue weighted by Crippen LogP contribution is -2.43.